The highest BCUT2D eigenvalue weighted by atomic mass is 16.6. The van der Waals surface area contributed by atoms with E-state index < -0.39 is 5.97 Å². The Kier molecular flexibility index (Phi) is 19.2. The van der Waals surface area contributed by atoms with Gasteiger partial charge in [0.1, 0.15) is 6.61 Å². The predicted molar refractivity (Wildman–Crippen MR) is 95.2 cm³/mol. The molecule has 0 spiro atoms. The van der Waals surface area contributed by atoms with E-state index in [0.29, 0.717) is 52.7 Å². The second-order valence-electron chi connectivity index (χ2n) is 5.62. The van der Waals surface area contributed by atoms with Gasteiger partial charge in [-0.25, -0.2) is 0 Å². The van der Waals surface area contributed by atoms with Crippen molar-refractivity contribution in [1.29, 1.82) is 0 Å². The monoisotopic (exact) mass is 378 g/mol. The van der Waals surface area contributed by atoms with Gasteiger partial charge in [-0.3, -0.25) is 9.59 Å². The first-order valence-corrected chi connectivity index (χ1v) is 9.35. The van der Waals surface area contributed by atoms with Crippen LogP contribution in [0.25, 0.3) is 0 Å². The highest BCUT2D eigenvalue weighted by Crippen LogP contribution is 2.03. The van der Waals surface area contributed by atoms with Gasteiger partial charge in [-0.2, -0.15) is 0 Å². The van der Waals surface area contributed by atoms with Crippen LogP contribution in [0.1, 0.15) is 45.4 Å². The molecule has 26 heavy (non-hydrogen) atoms. The molecule has 0 bridgehead atoms. The molecule has 154 valence electrons. The van der Waals surface area contributed by atoms with Gasteiger partial charge in [-0.05, 0) is 6.42 Å². The summed E-state index contributed by atoms with van der Waals surface area (Å²) >= 11 is 0. The maximum atomic E-state index is 11.4. The van der Waals surface area contributed by atoms with Gasteiger partial charge in [0, 0.05) is 6.42 Å². The fourth-order valence-corrected chi connectivity index (χ4v) is 1.90. The number of carbonyl (C=O) groups is 2. The minimum absolute atomic E-state index is 0.00126. The summed E-state index contributed by atoms with van der Waals surface area (Å²) in [5.41, 5.74) is 0. The lowest BCUT2D eigenvalue weighted by molar-refractivity contribution is -0.145. The lowest BCUT2D eigenvalue weighted by Crippen LogP contribution is -2.14. The van der Waals surface area contributed by atoms with E-state index in [9.17, 15) is 9.59 Å². The number of hydrogen-bond donors (Lipinski definition) is 1. The Labute approximate surface area is 156 Å². The Morgan fingerprint density at radius 1 is 0.654 bits per heavy atom. The smallest absolute Gasteiger partial charge is 0.305 e. The average Bonchev–Trinajstić information content (AvgIpc) is 2.61. The molecule has 0 aliphatic carbocycles. The van der Waals surface area contributed by atoms with Crippen LogP contribution in [0.3, 0.4) is 0 Å². The van der Waals surface area contributed by atoms with E-state index in [2.05, 4.69) is 6.92 Å². The molecular formula is C18H34O8. The summed E-state index contributed by atoms with van der Waals surface area (Å²) in [7, 11) is 0. The third-order valence-electron chi connectivity index (χ3n) is 3.30. The summed E-state index contributed by atoms with van der Waals surface area (Å²) in [6, 6.07) is 0. The molecule has 0 rings (SSSR count). The predicted octanol–water partition coefficient (Wildman–Crippen LogP) is 2.04. The number of unbranched alkanes of at least 4 members (excludes halogenated alkanes) is 3. The molecule has 8 nitrogen and oxygen atoms in total. The number of rotatable bonds is 20. The first kappa shape index (κ1) is 24.8. The summed E-state index contributed by atoms with van der Waals surface area (Å²) in [4.78, 5) is 21.6. The normalized spacial score (nSPS) is 10.8. The van der Waals surface area contributed by atoms with Crippen molar-refractivity contribution in [3.63, 3.8) is 0 Å². The molecule has 8 heteroatoms. The Morgan fingerprint density at radius 2 is 1.15 bits per heavy atom. The number of carbonyl (C=O) groups excluding carboxylic acids is 1. The first-order valence-electron chi connectivity index (χ1n) is 9.35. The SMILES string of the molecule is CCCCCCC(=O)OCCOCCOCCOCCOCCC(=O)O. The number of carboxylic acids is 1. The fraction of sp³-hybridized carbons (Fsp3) is 0.889. The van der Waals surface area contributed by atoms with Gasteiger partial charge in [0.25, 0.3) is 0 Å². The highest BCUT2D eigenvalue weighted by Gasteiger charge is 2.02. The molecule has 0 aromatic carbocycles. The van der Waals surface area contributed by atoms with Crippen LogP contribution in [0.5, 0.6) is 0 Å². The summed E-state index contributed by atoms with van der Waals surface area (Å²) in [6.07, 6.45) is 4.75. The van der Waals surface area contributed by atoms with Crippen molar-refractivity contribution in [3.05, 3.63) is 0 Å². The summed E-state index contributed by atoms with van der Waals surface area (Å²) < 4.78 is 26.0. The Bertz CT molecular complexity index is 335. The van der Waals surface area contributed by atoms with E-state index in [1.165, 1.54) is 0 Å². The molecule has 0 heterocycles. The zero-order valence-corrected chi connectivity index (χ0v) is 15.9. The largest absolute Gasteiger partial charge is 0.481 e. The van der Waals surface area contributed by atoms with Crippen molar-refractivity contribution >= 4 is 11.9 Å². The molecule has 0 saturated carbocycles. The van der Waals surface area contributed by atoms with Crippen molar-refractivity contribution in [3.8, 4) is 0 Å². The van der Waals surface area contributed by atoms with Crippen LogP contribution in [-0.4, -0.2) is 76.5 Å². The van der Waals surface area contributed by atoms with Crippen LogP contribution in [-0.2, 0) is 33.3 Å². The second-order valence-corrected chi connectivity index (χ2v) is 5.62. The van der Waals surface area contributed by atoms with E-state index in [-0.39, 0.29) is 25.6 Å². The zero-order chi connectivity index (χ0) is 19.3. The first-order chi connectivity index (χ1) is 12.7. The molecule has 0 aliphatic rings. The van der Waals surface area contributed by atoms with Crippen LogP contribution in [0, 0.1) is 0 Å². The topological polar surface area (TPSA) is 101 Å². The maximum Gasteiger partial charge on any atom is 0.305 e. The van der Waals surface area contributed by atoms with Gasteiger partial charge in [0.05, 0.1) is 59.3 Å². The Morgan fingerprint density at radius 3 is 1.65 bits per heavy atom. The third-order valence-corrected chi connectivity index (χ3v) is 3.30. The lowest BCUT2D eigenvalue weighted by Gasteiger charge is -2.08. The number of esters is 1. The fourth-order valence-electron chi connectivity index (χ4n) is 1.90. The molecule has 1 N–H and O–H groups in total. The number of ether oxygens (including phenoxy) is 5. The van der Waals surface area contributed by atoms with Gasteiger partial charge >= 0.3 is 11.9 Å². The molecule has 0 aliphatic heterocycles. The molecule has 0 unspecified atom stereocenters. The molecule has 0 saturated heterocycles. The average molecular weight is 378 g/mol. The maximum absolute atomic E-state index is 11.4. The van der Waals surface area contributed by atoms with E-state index in [0.717, 1.165) is 25.7 Å². The molecule has 0 aromatic rings. The Balaban J connectivity index is 3.11. The minimum atomic E-state index is -0.873. The third kappa shape index (κ3) is 20.8. The van der Waals surface area contributed by atoms with Crippen molar-refractivity contribution in [1.82, 2.24) is 0 Å². The lowest BCUT2D eigenvalue weighted by atomic mass is 10.2. The van der Waals surface area contributed by atoms with Gasteiger partial charge < -0.3 is 28.8 Å². The van der Waals surface area contributed by atoms with E-state index in [4.69, 9.17) is 28.8 Å². The van der Waals surface area contributed by atoms with Crippen molar-refractivity contribution < 1.29 is 38.4 Å². The summed E-state index contributed by atoms with van der Waals surface area (Å²) in [5, 5.41) is 8.42. The molecule has 0 atom stereocenters. The van der Waals surface area contributed by atoms with Crippen LogP contribution in [0.15, 0.2) is 0 Å². The van der Waals surface area contributed by atoms with Gasteiger partial charge in [-0.15, -0.1) is 0 Å². The number of hydrogen-bond acceptors (Lipinski definition) is 7. The number of aliphatic carboxylic acids is 1. The molecule has 0 radical (unpaired) electrons. The second kappa shape index (κ2) is 20.1. The molecule has 0 fully saturated rings. The summed E-state index contributed by atoms with van der Waals surface area (Å²) in [5.74, 6) is -1.04. The van der Waals surface area contributed by atoms with Crippen molar-refractivity contribution in [2.24, 2.45) is 0 Å². The Hall–Kier alpha value is -1.22. The van der Waals surface area contributed by atoms with Crippen LogP contribution >= 0.6 is 0 Å². The van der Waals surface area contributed by atoms with Gasteiger partial charge in [-0.1, -0.05) is 26.2 Å². The van der Waals surface area contributed by atoms with Crippen molar-refractivity contribution in [2.45, 2.75) is 45.4 Å². The standard InChI is InChI=1S/C18H34O8/c1-2-3-4-5-6-18(21)26-16-15-25-14-13-24-12-11-23-10-9-22-8-7-17(19)20/h2-16H2,1H3,(H,19,20). The summed E-state index contributed by atoms with van der Waals surface area (Å²) in [6.45, 7) is 5.53. The molecular weight excluding hydrogens is 344 g/mol. The quantitative estimate of drug-likeness (QED) is 0.254. The minimum Gasteiger partial charge on any atom is -0.481 e. The molecule has 0 amide bonds. The van der Waals surface area contributed by atoms with E-state index >= 15 is 0 Å². The van der Waals surface area contributed by atoms with Crippen LogP contribution in [0.2, 0.25) is 0 Å². The molecule has 0 aromatic heterocycles. The van der Waals surface area contributed by atoms with Gasteiger partial charge in [0.15, 0.2) is 0 Å². The van der Waals surface area contributed by atoms with Crippen molar-refractivity contribution in [2.75, 3.05) is 59.5 Å². The number of carboxylic acid groups (broad SMARTS) is 1. The zero-order valence-electron chi connectivity index (χ0n) is 15.9. The highest BCUT2D eigenvalue weighted by molar-refractivity contribution is 5.69. The van der Waals surface area contributed by atoms with Crippen LogP contribution < -0.4 is 0 Å². The van der Waals surface area contributed by atoms with Crippen LogP contribution in [0.4, 0.5) is 0 Å². The van der Waals surface area contributed by atoms with E-state index in [1.807, 2.05) is 0 Å². The van der Waals surface area contributed by atoms with E-state index in [1.54, 1.807) is 0 Å². The van der Waals surface area contributed by atoms with Gasteiger partial charge in [0.2, 0.25) is 0 Å².